The lowest BCUT2D eigenvalue weighted by molar-refractivity contribution is -0.384. The van der Waals surface area contributed by atoms with E-state index in [1.54, 1.807) is 17.0 Å². The second-order valence-corrected chi connectivity index (χ2v) is 6.02. The highest BCUT2D eigenvalue weighted by Crippen LogP contribution is 2.21. The molecule has 5 heteroatoms. The molecule has 0 fully saturated rings. The van der Waals surface area contributed by atoms with E-state index >= 15 is 0 Å². The summed E-state index contributed by atoms with van der Waals surface area (Å²) in [5.74, 6) is -0.116. The van der Waals surface area contributed by atoms with Crippen molar-refractivity contribution in [3.63, 3.8) is 0 Å². The molecule has 0 aliphatic carbocycles. The Balaban J connectivity index is 1.92. The largest absolute Gasteiger partial charge is 0.304 e. The first-order valence-corrected chi connectivity index (χ1v) is 8.21. The van der Waals surface area contributed by atoms with Crippen LogP contribution < -0.4 is 4.90 Å². The molecule has 0 atom stereocenters. The lowest BCUT2D eigenvalue weighted by Crippen LogP contribution is -2.30. The van der Waals surface area contributed by atoms with Crippen LogP contribution in [0.4, 0.5) is 11.4 Å². The molecular formula is C21H18N2O3. The van der Waals surface area contributed by atoms with Gasteiger partial charge in [0.15, 0.2) is 0 Å². The van der Waals surface area contributed by atoms with Gasteiger partial charge in [-0.25, -0.2) is 0 Å². The summed E-state index contributed by atoms with van der Waals surface area (Å²) in [6.45, 7) is 2.30. The molecule has 0 bridgehead atoms. The van der Waals surface area contributed by atoms with E-state index in [4.69, 9.17) is 0 Å². The molecule has 3 aromatic carbocycles. The zero-order valence-electron chi connectivity index (χ0n) is 14.3. The number of nitro benzene ring substituents is 1. The second kappa shape index (κ2) is 7.61. The highest BCUT2D eigenvalue weighted by Gasteiger charge is 2.18. The molecule has 0 aliphatic heterocycles. The van der Waals surface area contributed by atoms with Crippen LogP contribution in [0.15, 0.2) is 78.9 Å². The molecular weight excluding hydrogens is 328 g/mol. The maximum atomic E-state index is 13.1. The molecule has 0 unspecified atom stereocenters. The molecule has 0 saturated carbocycles. The number of nitro groups is 1. The van der Waals surface area contributed by atoms with E-state index in [1.807, 2.05) is 61.5 Å². The number of nitrogens with zero attached hydrogens (tertiary/aromatic N) is 2. The molecule has 0 aliphatic rings. The van der Waals surface area contributed by atoms with Crippen molar-refractivity contribution in [1.82, 2.24) is 0 Å². The van der Waals surface area contributed by atoms with Gasteiger partial charge in [-0.1, -0.05) is 48.0 Å². The Labute approximate surface area is 151 Å². The van der Waals surface area contributed by atoms with Crippen LogP contribution in [0.3, 0.4) is 0 Å². The third-order valence-electron chi connectivity index (χ3n) is 4.10. The van der Waals surface area contributed by atoms with Crippen molar-refractivity contribution in [3.8, 4) is 0 Å². The number of anilines is 1. The molecule has 0 N–H and O–H groups in total. The smallest absolute Gasteiger partial charge is 0.269 e. The number of hydrogen-bond acceptors (Lipinski definition) is 3. The van der Waals surface area contributed by atoms with Gasteiger partial charge in [-0.15, -0.1) is 0 Å². The van der Waals surface area contributed by atoms with Crippen LogP contribution in [0.2, 0.25) is 0 Å². The van der Waals surface area contributed by atoms with Gasteiger partial charge in [0.1, 0.15) is 0 Å². The Kier molecular flexibility index (Phi) is 5.08. The first kappa shape index (κ1) is 17.4. The highest BCUT2D eigenvalue weighted by atomic mass is 16.6. The van der Waals surface area contributed by atoms with Crippen LogP contribution in [0.1, 0.15) is 21.5 Å². The van der Waals surface area contributed by atoms with Gasteiger partial charge in [0.2, 0.25) is 0 Å². The van der Waals surface area contributed by atoms with E-state index < -0.39 is 4.92 Å². The van der Waals surface area contributed by atoms with Crippen molar-refractivity contribution >= 4 is 17.3 Å². The van der Waals surface area contributed by atoms with Gasteiger partial charge in [0, 0.05) is 23.4 Å². The fourth-order valence-electron chi connectivity index (χ4n) is 2.65. The Morgan fingerprint density at radius 2 is 1.54 bits per heavy atom. The van der Waals surface area contributed by atoms with E-state index in [2.05, 4.69) is 0 Å². The zero-order chi connectivity index (χ0) is 18.5. The number of benzene rings is 3. The van der Waals surface area contributed by atoms with Crippen LogP contribution in [-0.4, -0.2) is 10.8 Å². The van der Waals surface area contributed by atoms with Crippen molar-refractivity contribution in [2.45, 2.75) is 13.5 Å². The van der Waals surface area contributed by atoms with E-state index in [9.17, 15) is 14.9 Å². The third-order valence-corrected chi connectivity index (χ3v) is 4.10. The first-order chi connectivity index (χ1) is 12.5. The summed E-state index contributed by atoms with van der Waals surface area (Å²) < 4.78 is 0. The standard InChI is InChI=1S/C21H18N2O3/c1-16-7-11-18(12-8-16)21(24)22(19-5-3-2-4-6-19)15-17-9-13-20(14-10-17)23(25)26/h2-14H,15H2,1H3. The highest BCUT2D eigenvalue weighted by molar-refractivity contribution is 6.06. The van der Waals surface area contributed by atoms with Gasteiger partial charge in [-0.05, 0) is 36.8 Å². The van der Waals surface area contributed by atoms with Crippen LogP contribution >= 0.6 is 0 Å². The number of carbonyl (C=O) groups is 1. The lowest BCUT2D eigenvalue weighted by Gasteiger charge is -2.23. The molecule has 3 aromatic rings. The fourth-order valence-corrected chi connectivity index (χ4v) is 2.65. The van der Waals surface area contributed by atoms with Crippen LogP contribution in [-0.2, 0) is 6.54 Å². The Hall–Kier alpha value is -3.47. The summed E-state index contributed by atoms with van der Waals surface area (Å²) in [7, 11) is 0. The average molecular weight is 346 g/mol. The number of amides is 1. The summed E-state index contributed by atoms with van der Waals surface area (Å²) in [6, 6.07) is 23.1. The Morgan fingerprint density at radius 3 is 2.12 bits per heavy atom. The quantitative estimate of drug-likeness (QED) is 0.495. The average Bonchev–Trinajstić information content (AvgIpc) is 2.67. The maximum absolute atomic E-state index is 13.1. The molecule has 0 saturated heterocycles. The van der Waals surface area contributed by atoms with Gasteiger partial charge in [0.25, 0.3) is 11.6 Å². The number of hydrogen-bond donors (Lipinski definition) is 0. The number of carbonyl (C=O) groups excluding carboxylic acids is 1. The normalized spacial score (nSPS) is 10.3. The van der Waals surface area contributed by atoms with Crippen molar-refractivity contribution in [2.75, 3.05) is 4.90 Å². The monoisotopic (exact) mass is 346 g/mol. The Bertz CT molecular complexity index is 904. The van der Waals surface area contributed by atoms with Crippen molar-refractivity contribution < 1.29 is 9.72 Å². The zero-order valence-corrected chi connectivity index (χ0v) is 14.3. The minimum absolute atomic E-state index is 0.0323. The molecule has 0 heterocycles. The molecule has 26 heavy (non-hydrogen) atoms. The maximum Gasteiger partial charge on any atom is 0.269 e. The van der Waals surface area contributed by atoms with Crippen molar-refractivity contribution in [3.05, 3.63) is 106 Å². The third kappa shape index (κ3) is 3.95. The number of para-hydroxylation sites is 1. The lowest BCUT2D eigenvalue weighted by atomic mass is 10.1. The van der Waals surface area contributed by atoms with Gasteiger partial charge in [-0.3, -0.25) is 14.9 Å². The van der Waals surface area contributed by atoms with Crippen LogP contribution in [0.25, 0.3) is 0 Å². The molecule has 3 rings (SSSR count). The summed E-state index contributed by atoms with van der Waals surface area (Å²) in [5, 5.41) is 10.8. The van der Waals surface area contributed by atoms with E-state index in [1.165, 1.54) is 12.1 Å². The topological polar surface area (TPSA) is 63.5 Å². The molecule has 0 aromatic heterocycles. The number of aryl methyl sites for hydroxylation is 1. The number of non-ortho nitro benzene ring substituents is 1. The van der Waals surface area contributed by atoms with Crippen molar-refractivity contribution in [2.24, 2.45) is 0 Å². The molecule has 0 spiro atoms. The minimum Gasteiger partial charge on any atom is -0.304 e. The molecule has 1 amide bonds. The molecule has 5 nitrogen and oxygen atoms in total. The summed E-state index contributed by atoms with van der Waals surface area (Å²) >= 11 is 0. The molecule has 130 valence electrons. The second-order valence-electron chi connectivity index (χ2n) is 6.02. The predicted octanol–water partition coefficient (Wildman–Crippen LogP) is 4.75. The summed E-state index contributed by atoms with van der Waals surface area (Å²) in [4.78, 5) is 25.1. The first-order valence-electron chi connectivity index (χ1n) is 8.21. The number of rotatable bonds is 5. The Morgan fingerprint density at radius 1 is 0.923 bits per heavy atom. The van der Waals surface area contributed by atoms with Gasteiger partial charge in [0.05, 0.1) is 11.5 Å². The minimum atomic E-state index is -0.434. The van der Waals surface area contributed by atoms with Crippen LogP contribution in [0, 0.1) is 17.0 Å². The van der Waals surface area contributed by atoms with Gasteiger partial charge >= 0.3 is 0 Å². The SMILES string of the molecule is Cc1ccc(C(=O)N(Cc2ccc([N+](=O)[O-])cc2)c2ccccc2)cc1. The van der Waals surface area contributed by atoms with Gasteiger partial charge in [-0.2, -0.15) is 0 Å². The van der Waals surface area contributed by atoms with Gasteiger partial charge < -0.3 is 4.90 Å². The fraction of sp³-hybridized carbons (Fsp3) is 0.0952. The van der Waals surface area contributed by atoms with E-state index in [0.29, 0.717) is 12.1 Å². The van der Waals surface area contributed by atoms with Crippen LogP contribution in [0.5, 0.6) is 0 Å². The van der Waals surface area contributed by atoms with Crippen molar-refractivity contribution in [1.29, 1.82) is 0 Å². The summed E-state index contributed by atoms with van der Waals surface area (Å²) in [6.07, 6.45) is 0. The summed E-state index contributed by atoms with van der Waals surface area (Å²) in [5.41, 5.74) is 3.31. The van der Waals surface area contributed by atoms with E-state index in [-0.39, 0.29) is 11.6 Å². The predicted molar refractivity (Wildman–Crippen MR) is 101 cm³/mol. The molecule has 0 radical (unpaired) electrons. The van der Waals surface area contributed by atoms with E-state index in [0.717, 1.165) is 16.8 Å².